The highest BCUT2D eigenvalue weighted by Gasteiger charge is 2.35. The smallest absolute Gasteiger partial charge is 0.252 e. The van der Waals surface area contributed by atoms with Gasteiger partial charge in [-0.25, -0.2) is 4.39 Å². The fourth-order valence-corrected chi connectivity index (χ4v) is 3.09. The average molecular weight is 308 g/mol. The molecule has 0 spiro atoms. The first-order valence-corrected chi connectivity index (χ1v) is 7.82. The minimum atomic E-state index is -0.610. The summed E-state index contributed by atoms with van der Waals surface area (Å²) in [6.07, 6.45) is 7.04. The Morgan fingerprint density at radius 1 is 1.10 bits per heavy atom. The Kier molecular flexibility index (Phi) is 5.28. The summed E-state index contributed by atoms with van der Waals surface area (Å²) < 4.78 is 12.9. The van der Waals surface area contributed by atoms with E-state index in [1.807, 2.05) is 0 Å². The second-order valence-electron chi connectivity index (χ2n) is 5.68. The molecule has 0 saturated heterocycles. The van der Waals surface area contributed by atoms with E-state index in [4.69, 9.17) is 18.0 Å². The van der Waals surface area contributed by atoms with Gasteiger partial charge >= 0.3 is 0 Å². The van der Waals surface area contributed by atoms with E-state index in [1.165, 1.54) is 30.7 Å². The molecule has 1 fully saturated rings. The number of nitrogens with two attached hydrogens (primary N) is 1. The summed E-state index contributed by atoms with van der Waals surface area (Å²) in [5, 5.41) is 3.01. The topological polar surface area (TPSA) is 55.1 Å². The van der Waals surface area contributed by atoms with Gasteiger partial charge in [-0.1, -0.05) is 44.3 Å². The van der Waals surface area contributed by atoms with Gasteiger partial charge in [-0.15, -0.1) is 0 Å². The SMILES string of the molecule is NC(=S)C1(NC(=O)c2ccc(F)cc2)CCCCCCC1. The molecule has 0 bridgehead atoms. The zero-order valence-electron chi connectivity index (χ0n) is 12.0. The summed E-state index contributed by atoms with van der Waals surface area (Å²) in [4.78, 5) is 12.7. The number of hydrogen-bond acceptors (Lipinski definition) is 2. The molecule has 0 aromatic heterocycles. The van der Waals surface area contributed by atoms with Crippen molar-refractivity contribution < 1.29 is 9.18 Å². The minimum absolute atomic E-state index is 0.247. The Hall–Kier alpha value is -1.49. The summed E-state index contributed by atoms with van der Waals surface area (Å²) in [7, 11) is 0. The molecule has 1 aromatic carbocycles. The quantitative estimate of drug-likeness (QED) is 0.842. The number of thiocarbonyl (C=S) groups is 1. The van der Waals surface area contributed by atoms with Crippen LogP contribution >= 0.6 is 12.2 Å². The molecule has 1 aliphatic carbocycles. The second kappa shape index (κ2) is 6.98. The van der Waals surface area contributed by atoms with Gasteiger partial charge in [0.1, 0.15) is 5.82 Å². The monoisotopic (exact) mass is 308 g/mol. The van der Waals surface area contributed by atoms with Gasteiger partial charge in [-0.05, 0) is 37.1 Å². The predicted octanol–water partition coefficient (Wildman–Crippen LogP) is 3.32. The third-order valence-corrected chi connectivity index (χ3v) is 4.53. The van der Waals surface area contributed by atoms with Gasteiger partial charge in [-0.3, -0.25) is 4.79 Å². The first-order valence-electron chi connectivity index (χ1n) is 7.41. The zero-order chi connectivity index (χ0) is 15.3. The van der Waals surface area contributed by atoms with Crippen LogP contribution in [0.4, 0.5) is 4.39 Å². The number of amides is 1. The minimum Gasteiger partial charge on any atom is -0.391 e. The maximum atomic E-state index is 12.9. The van der Waals surface area contributed by atoms with Gasteiger partial charge in [0, 0.05) is 5.56 Å². The highest BCUT2D eigenvalue weighted by molar-refractivity contribution is 7.80. The third kappa shape index (κ3) is 4.00. The van der Waals surface area contributed by atoms with E-state index in [0.29, 0.717) is 10.6 Å². The van der Waals surface area contributed by atoms with Crippen molar-refractivity contribution in [3.05, 3.63) is 35.6 Å². The molecule has 1 amide bonds. The maximum absolute atomic E-state index is 12.9. The molecule has 3 nitrogen and oxygen atoms in total. The molecule has 1 aliphatic rings. The van der Waals surface area contributed by atoms with Crippen molar-refractivity contribution in [3.8, 4) is 0 Å². The van der Waals surface area contributed by atoms with Gasteiger partial charge in [0.25, 0.3) is 5.91 Å². The van der Waals surface area contributed by atoms with Crippen molar-refractivity contribution in [3.63, 3.8) is 0 Å². The molecule has 0 aliphatic heterocycles. The Labute approximate surface area is 130 Å². The molecule has 0 atom stereocenters. The Bertz CT molecular complexity index is 508. The average Bonchev–Trinajstić information content (AvgIpc) is 2.42. The van der Waals surface area contributed by atoms with Crippen LogP contribution in [0.2, 0.25) is 0 Å². The van der Waals surface area contributed by atoms with Gasteiger partial charge in [0.2, 0.25) is 0 Å². The summed E-state index contributed by atoms with van der Waals surface area (Å²) in [5.74, 6) is -0.607. The van der Waals surface area contributed by atoms with Crippen LogP contribution in [0.15, 0.2) is 24.3 Å². The van der Waals surface area contributed by atoms with Crippen molar-refractivity contribution in [1.29, 1.82) is 0 Å². The summed E-state index contributed by atoms with van der Waals surface area (Å²) in [5.41, 5.74) is 5.75. The molecule has 0 unspecified atom stereocenters. The van der Waals surface area contributed by atoms with Gasteiger partial charge in [0.15, 0.2) is 0 Å². The number of hydrogen-bond donors (Lipinski definition) is 2. The highest BCUT2D eigenvalue weighted by atomic mass is 32.1. The van der Waals surface area contributed by atoms with E-state index in [2.05, 4.69) is 5.32 Å². The number of halogens is 1. The van der Waals surface area contributed by atoms with Crippen molar-refractivity contribution in [2.75, 3.05) is 0 Å². The lowest BCUT2D eigenvalue weighted by molar-refractivity contribution is 0.0913. The third-order valence-electron chi connectivity index (χ3n) is 4.14. The summed E-state index contributed by atoms with van der Waals surface area (Å²) >= 11 is 5.22. The van der Waals surface area contributed by atoms with Crippen molar-refractivity contribution in [2.45, 2.75) is 50.5 Å². The van der Waals surface area contributed by atoms with Crippen LogP contribution in [0.25, 0.3) is 0 Å². The van der Waals surface area contributed by atoms with Crippen molar-refractivity contribution >= 4 is 23.1 Å². The van der Waals surface area contributed by atoms with Crippen LogP contribution in [-0.4, -0.2) is 16.4 Å². The first kappa shape index (κ1) is 15.9. The highest BCUT2D eigenvalue weighted by Crippen LogP contribution is 2.27. The maximum Gasteiger partial charge on any atom is 0.252 e. The van der Waals surface area contributed by atoms with Crippen LogP contribution in [0.3, 0.4) is 0 Å². The molecule has 2 rings (SSSR count). The zero-order valence-corrected chi connectivity index (χ0v) is 12.8. The van der Waals surface area contributed by atoms with Crippen molar-refractivity contribution in [2.24, 2.45) is 5.73 Å². The summed E-state index contributed by atoms with van der Waals surface area (Å²) in [6.45, 7) is 0. The second-order valence-corrected chi connectivity index (χ2v) is 6.11. The molecule has 0 radical (unpaired) electrons. The fourth-order valence-electron chi connectivity index (χ4n) is 2.83. The van der Waals surface area contributed by atoms with E-state index in [0.717, 1.165) is 38.5 Å². The fraction of sp³-hybridized carbons (Fsp3) is 0.500. The molecule has 21 heavy (non-hydrogen) atoms. The van der Waals surface area contributed by atoms with Gasteiger partial charge < -0.3 is 11.1 Å². The normalized spacial score (nSPS) is 18.3. The Morgan fingerprint density at radius 2 is 1.62 bits per heavy atom. The largest absolute Gasteiger partial charge is 0.391 e. The van der Waals surface area contributed by atoms with Crippen LogP contribution in [0.5, 0.6) is 0 Å². The Balaban J connectivity index is 2.16. The lowest BCUT2D eigenvalue weighted by Crippen LogP contribution is -2.57. The number of carbonyl (C=O) groups is 1. The molecule has 1 aromatic rings. The van der Waals surface area contributed by atoms with Crippen LogP contribution in [0, 0.1) is 5.82 Å². The van der Waals surface area contributed by atoms with E-state index in [1.54, 1.807) is 0 Å². The number of benzene rings is 1. The predicted molar refractivity (Wildman–Crippen MR) is 85.7 cm³/mol. The number of carbonyl (C=O) groups excluding carboxylic acids is 1. The lowest BCUT2D eigenvalue weighted by atomic mass is 9.83. The molecule has 114 valence electrons. The van der Waals surface area contributed by atoms with Crippen molar-refractivity contribution in [1.82, 2.24) is 5.32 Å². The van der Waals surface area contributed by atoms with Crippen LogP contribution < -0.4 is 11.1 Å². The van der Waals surface area contributed by atoms with E-state index < -0.39 is 5.54 Å². The first-order chi connectivity index (χ1) is 10.0. The van der Waals surface area contributed by atoms with E-state index >= 15 is 0 Å². The molecular formula is C16H21FN2OS. The van der Waals surface area contributed by atoms with Gasteiger partial charge in [-0.2, -0.15) is 0 Å². The van der Waals surface area contributed by atoms with E-state index in [9.17, 15) is 9.18 Å². The van der Waals surface area contributed by atoms with Crippen LogP contribution in [-0.2, 0) is 0 Å². The van der Waals surface area contributed by atoms with Gasteiger partial charge in [0.05, 0.1) is 10.5 Å². The Morgan fingerprint density at radius 3 is 2.14 bits per heavy atom. The standard InChI is InChI=1S/C16H21FN2OS/c17-13-8-6-12(7-9-13)14(20)19-16(15(18)21)10-4-2-1-3-5-11-16/h6-9H,1-5,10-11H2,(H2,18,21)(H,19,20). The summed E-state index contributed by atoms with van der Waals surface area (Å²) in [6, 6.07) is 5.50. The molecular weight excluding hydrogens is 287 g/mol. The number of nitrogens with one attached hydrogen (secondary N) is 1. The lowest BCUT2D eigenvalue weighted by Gasteiger charge is -2.35. The molecule has 5 heteroatoms. The molecule has 0 heterocycles. The number of rotatable bonds is 3. The molecule has 3 N–H and O–H groups in total. The molecule has 1 saturated carbocycles. The van der Waals surface area contributed by atoms with E-state index in [-0.39, 0.29) is 11.7 Å². The van der Waals surface area contributed by atoms with Crippen LogP contribution in [0.1, 0.15) is 55.3 Å².